The molecule has 0 spiro atoms. The quantitative estimate of drug-likeness (QED) is 0.648. The first kappa shape index (κ1) is 7.41. The molecule has 0 aliphatic heterocycles. The molecular weight excluding hydrogens is 148 g/mol. The largest absolute Gasteiger partial charge is 0.472 e. The molecule has 0 N–H and O–H groups in total. The van der Waals surface area contributed by atoms with E-state index in [1.54, 1.807) is 6.26 Å². The molecule has 0 amide bonds. The molecule has 0 saturated carbocycles. The predicted molar refractivity (Wildman–Crippen MR) is 48.9 cm³/mol. The molecule has 0 saturated heterocycles. The first-order valence-corrected chi connectivity index (χ1v) is 4.31. The Kier molecular flexibility index (Phi) is 2.12. The van der Waals surface area contributed by atoms with Crippen LogP contribution in [0.25, 0.3) is 0 Å². The standard InChI is InChI=1S/C11H12O/c1-2-4-10(5-3-1)8-11-6-7-12-9-11/h1-2,4,6-7,9H,3,5,8H2. The zero-order valence-corrected chi connectivity index (χ0v) is 6.99. The van der Waals surface area contributed by atoms with E-state index in [9.17, 15) is 0 Å². The van der Waals surface area contributed by atoms with Gasteiger partial charge in [-0.15, -0.1) is 0 Å². The topological polar surface area (TPSA) is 13.1 Å². The van der Waals surface area contributed by atoms with E-state index in [0.717, 1.165) is 6.42 Å². The van der Waals surface area contributed by atoms with E-state index in [1.165, 1.54) is 24.0 Å². The maximum Gasteiger partial charge on any atom is 0.0937 e. The second kappa shape index (κ2) is 3.44. The van der Waals surface area contributed by atoms with Crippen LogP contribution in [0.4, 0.5) is 0 Å². The van der Waals surface area contributed by atoms with Crippen molar-refractivity contribution in [1.82, 2.24) is 0 Å². The molecule has 62 valence electrons. The third kappa shape index (κ3) is 1.67. The van der Waals surface area contributed by atoms with Crippen molar-refractivity contribution in [1.29, 1.82) is 0 Å². The van der Waals surface area contributed by atoms with Crippen LogP contribution in [0.1, 0.15) is 18.4 Å². The summed E-state index contributed by atoms with van der Waals surface area (Å²) < 4.78 is 5.01. The molecule has 1 aliphatic rings. The Morgan fingerprint density at radius 1 is 1.42 bits per heavy atom. The molecule has 12 heavy (non-hydrogen) atoms. The minimum atomic E-state index is 1.04. The Morgan fingerprint density at radius 2 is 2.42 bits per heavy atom. The van der Waals surface area contributed by atoms with E-state index in [4.69, 9.17) is 4.42 Å². The molecule has 1 heterocycles. The minimum Gasteiger partial charge on any atom is -0.472 e. The average molecular weight is 160 g/mol. The maximum atomic E-state index is 5.01. The average Bonchev–Trinajstić information content (AvgIpc) is 2.59. The number of rotatable bonds is 2. The van der Waals surface area contributed by atoms with Gasteiger partial charge in [-0.05, 0) is 30.9 Å². The van der Waals surface area contributed by atoms with Gasteiger partial charge in [-0.1, -0.05) is 23.8 Å². The predicted octanol–water partition coefficient (Wildman–Crippen LogP) is 3.10. The van der Waals surface area contributed by atoms with E-state index in [1.807, 2.05) is 12.3 Å². The van der Waals surface area contributed by atoms with Crippen LogP contribution in [0.5, 0.6) is 0 Å². The monoisotopic (exact) mass is 160 g/mol. The van der Waals surface area contributed by atoms with Gasteiger partial charge in [0, 0.05) is 0 Å². The zero-order chi connectivity index (χ0) is 8.23. The van der Waals surface area contributed by atoms with E-state index in [-0.39, 0.29) is 0 Å². The molecule has 0 radical (unpaired) electrons. The molecule has 2 rings (SSSR count). The fraction of sp³-hybridized carbons (Fsp3) is 0.273. The van der Waals surface area contributed by atoms with Gasteiger partial charge in [-0.2, -0.15) is 0 Å². The third-order valence-electron chi connectivity index (χ3n) is 2.11. The lowest BCUT2D eigenvalue weighted by molar-refractivity contribution is 0.564. The Morgan fingerprint density at radius 3 is 3.08 bits per heavy atom. The lowest BCUT2D eigenvalue weighted by Crippen LogP contribution is -1.91. The van der Waals surface area contributed by atoms with Gasteiger partial charge in [0.1, 0.15) is 0 Å². The lowest BCUT2D eigenvalue weighted by Gasteiger charge is -2.06. The van der Waals surface area contributed by atoms with Crippen molar-refractivity contribution in [3.8, 4) is 0 Å². The Balaban J connectivity index is 2.03. The summed E-state index contributed by atoms with van der Waals surface area (Å²) in [5.74, 6) is 0. The maximum absolute atomic E-state index is 5.01. The van der Waals surface area contributed by atoms with Crippen molar-refractivity contribution in [2.75, 3.05) is 0 Å². The fourth-order valence-electron chi connectivity index (χ4n) is 1.46. The zero-order valence-electron chi connectivity index (χ0n) is 6.99. The summed E-state index contributed by atoms with van der Waals surface area (Å²) in [5.41, 5.74) is 2.77. The summed E-state index contributed by atoms with van der Waals surface area (Å²) in [6.45, 7) is 0. The van der Waals surface area contributed by atoms with Crippen molar-refractivity contribution in [2.45, 2.75) is 19.3 Å². The first-order valence-electron chi connectivity index (χ1n) is 4.31. The highest BCUT2D eigenvalue weighted by molar-refractivity contribution is 5.23. The van der Waals surface area contributed by atoms with E-state index >= 15 is 0 Å². The molecule has 0 aromatic carbocycles. The summed E-state index contributed by atoms with van der Waals surface area (Å²) in [4.78, 5) is 0. The highest BCUT2D eigenvalue weighted by Gasteiger charge is 2.01. The molecule has 1 aliphatic carbocycles. The molecule has 1 nitrogen and oxygen atoms in total. The van der Waals surface area contributed by atoms with Gasteiger partial charge in [0.25, 0.3) is 0 Å². The van der Waals surface area contributed by atoms with Crippen LogP contribution in [0.3, 0.4) is 0 Å². The van der Waals surface area contributed by atoms with Gasteiger partial charge in [0.2, 0.25) is 0 Å². The normalized spacial score (nSPS) is 16.2. The third-order valence-corrected chi connectivity index (χ3v) is 2.11. The summed E-state index contributed by atoms with van der Waals surface area (Å²) in [7, 11) is 0. The smallest absolute Gasteiger partial charge is 0.0937 e. The van der Waals surface area contributed by atoms with Crippen LogP contribution in [0.2, 0.25) is 0 Å². The second-order valence-corrected chi connectivity index (χ2v) is 3.10. The summed E-state index contributed by atoms with van der Waals surface area (Å²) in [6, 6.07) is 2.03. The van der Waals surface area contributed by atoms with Gasteiger partial charge < -0.3 is 4.42 Å². The number of furan rings is 1. The van der Waals surface area contributed by atoms with Crippen LogP contribution in [0.15, 0.2) is 46.8 Å². The second-order valence-electron chi connectivity index (χ2n) is 3.10. The van der Waals surface area contributed by atoms with E-state index in [2.05, 4.69) is 18.2 Å². The first-order chi connectivity index (χ1) is 5.95. The van der Waals surface area contributed by atoms with Crippen molar-refractivity contribution >= 4 is 0 Å². The minimum absolute atomic E-state index is 1.04. The highest BCUT2D eigenvalue weighted by atomic mass is 16.3. The van der Waals surface area contributed by atoms with E-state index < -0.39 is 0 Å². The highest BCUT2D eigenvalue weighted by Crippen LogP contribution is 2.17. The Labute approximate surface area is 72.4 Å². The summed E-state index contributed by atoms with van der Waals surface area (Å²) in [5, 5.41) is 0. The van der Waals surface area contributed by atoms with Crippen molar-refractivity contribution in [2.24, 2.45) is 0 Å². The number of hydrogen-bond donors (Lipinski definition) is 0. The Hall–Kier alpha value is -1.24. The van der Waals surface area contributed by atoms with Crippen LogP contribution < -0.4 is 0 Å². The molecule has 0 atom stereocenters. The molecule has 1 aromatic heterocycles. The molecular formula is C11H12O. The Bertz CT molecular complexity index is 291. The number of hydrogen-bond acceptors (Lipinski definition) is 1. The fourth-order valence-corrected chi connectivity index (χ4v) is 1.46. The summed E-state index contributed by atoms with van der Waals surface area (Å²) in [6.07, 6.45) is 13.5. The number of allylic oxidation sites excluding steroid dienone is 4. The van der Waals surface area contributed by atoms with Crippen molar-refractivity contribution in [3.05, 3.63) is 48.0 Å². The molecule has 1 heteroatoms. The summed E-state index contributed by atoms with van der Waals surface area (Å²) >= 11 is 0. The SMILES string of the molecule is C1=CCCC(Cc2ccoc2)=C1. The molecule has 0 unspecified atom stereocenters. The van der Waals surface area contributed by atoms with E-state index in [0.29, 0.717) is 0 Å². The van der Waals surface area contributed by atoms with Crippen molar-refractivity contribution < 1.29 is 4.42 Å². The van der Waals surface area contributed by atoms with Gasteiger partial charge in [0.05, 0.1) is 12.5 Å². The molecule has 0 bridgehead atoms. The van der Waals surface area contributed by atoms with Crippen molar-refractivity contribution in [3.63, 3.8) is 0 Å². The van der Waals surface area contributed by atoms with Crippen LogP contribution >= 0.6 is 0 Å². The molecule has 1 aromatic rings. The molecule has 0 fully saturated rings. The van der Waals surface area contributed by atoms with Crippen LogP contribution in [-0.4, -0.2) is 0 Å². The van der Waals surface area contributed by atoms with Gasteiger partial charge >= 0.3 is 0 Å². The van der Waals surface area contributed by atoms with Crippen LogP contribution in [0, 0.1) is 0 Å². The van der Waals surface area contributed by atoms with Crippen LogP contribution in [-0.2, 0) is 6.42 Å². The van der Waals surface area contributed by atoms with Gasteiger partial charge in [-0.25, -0.2) is 0 Å². The lowest BCUT2D eigenvalue weighted by atomic mass is 9.99. The van der Waals surface area contributed by atoms with Gasteiger partial charge in [-0.3, -0.25) is 0 Å². The van der Waals surface area contributed by atoms with Gasteiger partial charge in [0.15, 0.2) is 0 Å².